The number of aliphatic carboxylic acids is 1. The minimum atomic E-state index is -1.44. The molecule has 22 heavy (non-hydrogen) atoms. The molecule has 0 fully saturated rings. The highest BCUT2D eigenvalue weighted by Gasteiger charge is 2.23. The van der Waals surface area contributed by atoms with Gasteiger partial charge in [0.05, 0.1) is 5.69 Å². The number of carboxylic acid groups (broad SMARTS) is 2. The summed E-state index contributed by atoms with van der Waals surface area (Å²) in [4.78, 5) is 33.7. The Hall–Kier alpha value is -2.77. The van der Waals surface area contributed by atoms with Gasteiger partial charge in [0.2, 0.25) is 6.10 Å². The smallest absolute Gasteiger partial charge is 0.412 e. The summed E-state index contributed by atoms with van der Waals surface area (Å²) < 4.78 is 4.77. The SMILES string of the molecule is CCCCC(OC(=O)Nc1cccc(O)c1C(=O)O)C(=O)O. The van der Waals surface area contributed by atoms with Crippen LogP contribution in [0.2, 0.25) is 0 Å². The summed E-state index contributed by atoms with van der Waals surface area (Å²) in [5, 5.41) is 29.6. The molecule has 0 aliphatic rings. The van der Waals surface area contributed by atoms with Crippen molar-refractivity contribution in [2.75, 3.05) is 5.32 Å². The third kappa shape index (κ3) is 4.65. The molecule has 0 saturated heterocycles. The van der Waals surface area contributed by atoms with Gasteiger partial charge in [0, 0.05) is 0 Å². The lowest BCUT2D eigenvalue weighted by Gasteiger charge is -2.15. The Labute approximate surface area is 126 Å². The number of carbonyl (C=O) groups is 3. The van der Waals surface area contributed by atoms with Gasteiger partial charge in [-0.25, -0.2) is 14.4 Å². The van der Waals surface area contributed by atoms with E-state index in [1.165, 1.54) is 12.1 Å². The fourth-order valence-electron chi connectivity index (χ4n) is 1.76. The number of nitrogens with one attached hydrogen (secondary N) is 1. The van der Waals surface area contributed by atoms with Crippen molar-refractivity contribution in [1.29, 1.82) is 0 Å². The molecular weight excluding hydrogens is 294 g/mol. The molecule has 120 valence electrons. The number of hydrogen-bond acceptors (Lipinski definition) is 5. The third-order valence-electron chi connectivity index (χ3n) is 2.84. The second-order valence-electron chi connectivity index (χ2n) is 4.50. The van der Waals surface area contributed by atoms with Crippen LogP contribution in [-0.2, 0) is 9.53 Å². The summed E-state index contributed by atoms with van der Waals surface area (Å²) >= 11 is 0. The number of phenols is 1. The number of carboxylic acids is 2. The van der Waals surface area contributed by atoms with Crippen LogP contribution in [0.25, 0.3) is 0 Å². The van der Waals surface area contributed by atoms with Gasteiger partial charge in [0.15, 0.2) is 0 Å². The summed E-state index contributed by atoms with van der Waals surface area (Å²) in [7, 11) is 0. The fourth-order valence-corrected chi connectivity index (χ4v) is 1.76. The second-order valence-corrected chi connectivity index (χ2v) is 4.50. The van der Waals surface area contributed by atoms with Gasteiger partial charge >= 0.3 is 18.0 Å². The maximum absolute atomic E-state index is 11.7. The molecule has 1 rings (SSSR count). The first-order valence-electron chi connectivity index (χ1n) is 6.62. The van der Waals surface area contributed by atoms with E-state index in [1.54, 1.807) is 0 Å². The topological polar surface area (TPSA) is 133 Å². The molecule has 1 aromatic rings. The fraction of sp³-hybridized carbons (Fsp3) is 0.357. The molecule has 1 amide bonds. The average molecular weight is 311 g/mol. The van der Waals surface area contributed by atoms with Gasteiger partial charge in [-0.1, -0.05) is 19.4 Å². The highest BCUT2D eigenvalue weighted by molar-refractivity contribution is 6.01. The zero-order chi connectivity index (χ0) is 16.7. The lowest BCUT2D eigenvalue weighted by molar-refractivity contribution is -0.146. The molecule has 0 aliphatic carbocycles. The number of carbonyl (C=O) groups excluding carboxylic acids is 1. The largest absolute Gasteiger partial charge is 0.507 e. The van der Waals surface area contributed by atoms with E-state index in [1.807, 2.05) is 6.92 Å². The summed E-state index contributed by atoms with van der Waals surface area (Å²) in [5.41, 5.74) is -0.683. The maximum atomic E-state index is 11.7. The summed E-state index contributed by atoms with van der Waals surface area (Å²) in [6.07, 6.45) is -0.950. The number of aromatic hydroxyl groups is 1. The molecule has 0 aromatic heterocycles. The van der Waals surface area contributed by atoms with Crippen LogP contribution in [0.5, 0.6) is 5.75 Å². The summed E-state index contributed by atoms with van der Waals surface area (Å²) in [6.45, 7) is 1.87. The van der Waals surface area contributed by atoms with Crippen molar-refractivity contribution in [3.8, 4) is 5.75 Å². The standard InChI is InChI=1S/C14H17NO7/c1-2-3-7-10(12(17)18)22-14(21)15-8-5-4-6-9(16)11(8)13(19)20/h4-6,10,16H,2-3,7H2,1H3,(H,15,21)(H,17,18)(H,19,20). The van der Waals surface area contributed by atoms with Crippen LogP contribution in [-0.4, -0.2) is 39.5 Å². The van der Waals surface area contributed by atoms with Gasteiger partial charge < -0.3 is 20.1 Å². The van der Waals surface area contributed by atoms with Crippen molar-refractivity contribution in [2.24, 2.45) is 0 Å². The Kier molecular flexibility index (Phi) is 6.18. The predicted molar refractivity (Wildman–Crippen MR) is 76.1 cm³/mol. The lowest BCUT2D eigenvalue weighted by Crippen LogP contribution is -2.29. The van der Waals surface area contributed by atoms with Gasteiger partial charge in [0.1, 0.15) is 11.3 Å². The average Bonchev–Trinajstić information content (AvgIpc) is 2.42. The van der Waals surface area contributed by atoms with E-state index in [2.05, 4.69) is 5.32 Å². The van der Waals surface area contributed by atoms with Crippen molar-refractivity contribution in [3.63, 3.8) is 0 Å². The van der Waals surface area contributed by atoms with E-state index in [-0.39, 0.29) is 12.1 Å². The molecule has 8 heteroatoms. The zero-order valence-corrected chi connectivity index (χ0v) is 11.9. The molecule has 0 heterocycles. The Morgan fingerprint density at radius 2 is 1.95 bits per heavy atom. The number of amides is 1. The van der Waals surface area contributed by atoms with Crippen LogP contribution in [0, 0.1) is 0 Å². The van der Waals surface area contributed by atoms with E-state index in [0.717, 1.165) is 12.5 Å². The van der Waals surface area contributed by atoms with Crippen LogP contribution >= 0.6 is 0 Å². The Bertz CT molecular complexity index is 570. The van der Waals surface area contributed by atoms with Crippen molar-refractivity contribution >= 4 is 23.7 Å². The highest BCUT2D eigenvalue weighted by Crippen LogP contribution is 2.25. The number of benzene rings is 1. The zero-order valence-electron chi connectivity index (χ0n) is 11.9. The van der Waals surface area contributed by atoms with Crippen molar-refractivity contribution in [1.82, 2.24) is 0 Å². The number of hydrogen-bond donors (Lipinski definition) is 4. The monoisotopic (exact) mass is 311 g/mol. The first-order chi connectivity index (χ1) is 10.4. The third-order valence-corrected chi connectivity index (χ3v) is 2.84. The van der Waals surface area contributed by atoms with Gasteiger partial charge in [-0.05, 0) is 25.0 Å². The molecule has 1 unspecified atom stereocenters. The molecule has 0 radical (unpaired) electrons. The number of unbranched alkanes of at least 4 members (excludes halogenated alkanes) is 1. The number of ether oxygens (including phenoxy) is 1. The molecule has 4 N–H and O–H groups in total. The summed E-state index contributed by atoms with van der Waals surface area (Å²) in [5.74, 6) is -3.24. The number of anilines is 1. The number of aromatic carboxylic acids is 1. The molecule has 1 atom stereocenters. The Morgan fingerprint density at radius 3 is 2.50 bits per heavy atom. The Balaban J connectivity index is 2.82. The molecule has 0 aliphatic heterocycles. The lowest BCUT2D eigenvalue weighted by atomic mass is 10.1. The van der Waals surface area contributed by atoms with E-state index in [0.29, 0.717) is 6.42 Å². The van der Waals surface area contributed by atoms with Gasteiger partial charge in [-0.2, -0.15) is 0 Å². The first kappa shape index (κ1) is 17.3. The van der Waals surface area contributed by atoms with E-state index in [9.17, 15) is 19.5 Å². The molecule has 8 nitrogen and oxygen atoms in total. The van der Waals surface area contributed by atoms with Crippen molar-refractivity contribution in [3.05, 3.63) is 23.8 Å². The predicted octanol–water partition coefficient (Wildman–Crippen LogP) is 2.28. The van der Waals surface area contributed by atoms with Crippen molar-refractivity contribution < 1.29 is 34.4 Å². The van der Waals surface area contributed by atoms with E-state index in [4.69, 9.17) is 14.9 Å². The normalized spacial score (nSPS) is 11.5. The first-order valence-corrected chi connectivity index (χ1v) is 6.62. The highest BCUT2D eigenvalue weighted by atomic mass is 16.6. The van der Waals surface area contributed by atoms with E-state index >= 15 is 0 Å². The number of rotatable bonds is 7. The second kappa shape index (κ2) is 7.87. The summed E-state index contributed by atoms with van der Waals surface area (Å²) in [6, 6.07) is 3.75. The van der Waals surface area contributed by atoms with Gasteiger partial charge in [-0.3, -0.25) is 5.32 Å². The van der Waals surface area contributed by atoms with Crippen LogP contribution in [0.15, 0.2) is 18.2 Å². The quantitative estimate of drug-likeness (QED) is 0.607. The van der Waals surface area contributed by atoms with Crippen LogP contribution < -0.4 is 5.32 Å². The van der Waals surface area contributed by atoms with Crippen molar-refractivity contribution in [2.45, 2.75) is 32.3 Å². The minimum absolute atomic E-state index is 0.158. The van der Waals surface area contributed by atoms with Crippen LogP contribution in [0.1, 0.15) is 36.5 Å². The van der Waals surface area contributed by atoms with Crippen LogP contribution in [0.3, 0.4) is 0 Å². The molecule has 0 bridgehead atoms. The minimum Gasteiger partial charge on any atom is -0.507 e. The van der Waals surface area contributed by atoms with Crippen LogP contribution in [0.4, 0.5) is 10.5 Å². The maximum Gasteiger partial charge on any atom is 0.412 e. The van der Waals surface area contributed by atoms with Gasteiger partial charge in [0.25, 0.3) is 0 Å². The molecular formula is C14H17NO7. The van der Waals surface area contributed by atoms with E-state index < -0.39 is 35.4 Å². The molecule has 1 aromatic carbocycles. The van der Waals surface area contributed by atoms with Gasteiger partial charge in [-0.15, -0.1) is 0 Å². The Morgan fingerprint density at radius 1 is 1.27 bits per heavy atom. The molecule has 0 spiro atoms. The molecule has 0 saturated carbocycles.